The fourth-order valence-corrected chi connectivity index (χ4v) is 1.98. The summed E-state index contributed by atoms with van der Waals surface area (Å²) in [6, 6.07) is 6.05. The number of halogens is 1. The Hall–Kier alpha value is -2.14. The molecule has 3 aromatic rings. The van der Waals surface area contributed by atoms with Gasteiger partial charge in [-0.3, -0.25) is 4.68 Å². The number of fused-ring (bicyclic) bond motifs is 1. The second kappa shape index (κ2) is 4.51. The molecule has 0 aliphatic heterocycles. The van der Waals surface area contributed by atoms with E-state index in [9.17, 15) is 0 Å². The Morgan fingerprint density at radius 1 is 1.26 bits per heavy atom. The zero-order valence-corrected chi connectivity index (χ0v) is 11.3. The molecule has 0 saturated heterocycles. The molecule has 1 aromatic carbocycles. The van der Waals surface area contributed by atoms with Crippen LogP contribution in [-0.2, 0) is 7.05 Å². The van der Waals surface area contributed by atoms with E-state index in [1.54, 1.807) is 24.1 Å². The Morgan fingerprint density at radius 2 is 2.11 bits per heavy atom. The van der Waals surface area contributed by atoms with Crippen LogP contribution in [0.3, 0.4) is 0 Å². The molecule has 0 saturated carbocycles. The summed E-state index contributed by atoms with van der Waals surface area (Å²) in [5, 5.41) is 8.65. The van der Waals surface area contributed by atoms with Crippen LogP contribution in [-0.4, -0.2) is 19.7 Å². The molecular formula is C13H12ClN5. The predicted molar refractivity (Wildman–Crippen MR) is 75.8 cm³/mol. The van der Waals surface area contributed by atoms with E-state index in [4.69, 9.17) is 11.6 Å². The highest BCUT2D eigenvalue weighted by Crippen LogP contribution is 2.23. The molecule has 0 aliphatic carbocycles. The van der Waals surface area contributed by atoms with Crippen LogP contribution in [0.25, 0.3) is 10.9 Å². The van der Waals surface area contributed by atoms with Crippen molar-refractivity contribution in [1.82, 2.24) is 19.7 Å². The summed E-state index contributed by atoms with van der Waals surface area (Å²) in [6.45, 7) is 2.04. The Balaban J connectivity index is 1.97. The lowest BCUT2D eigenvalue weighted by atomic mass is 10.2. The fourth-order valence-electron chi connectivity index (χ4n) is 1.84. The van der Waals surface area contributed by atoms with Crippen molar-refractivity contribution in [2.24, 2.45) is 7.05 Å². The molecule has 6 heteroatoms. The Bertz CT molecular complexity index is 750. The average molecular weight is 274 g/mol. The van der Waals surface area contributed by atoms with Gasteiger partial charge in [0.2, 0.25) is 5.95 Å². The summed E-state index contributed by atoms with van der Waals surface area (Å²) >= 11 is 6.08. The van der Waals surface area contributed by atoms with Gasteiger partial charge in [-0.2, -0.15) is 5.10 Å². The van der Waals surface area contributed by atoms with Gasteiger partial charge < -0.3 is 5.32 Å². The van der Waals surface area contributed by atoms with E-state index >= 15 is 0 Å². The molecule has 0 spiro atoms. The number of hydrogen-bond acceptors (Lipinski definition) is 4. The number of nitrogens with one attached hydrogen (secondary N) is 1. The second-order valence-corrected chi connectivity index (χ2v) is 4.71. The van der Waals surface area contributed by atoms with E-state index < -0.39 is 0 Å². The van der Waals surface area contributed by atoms with Gasteiger partial charge in [0.25, 0.3) is 0 Å². The number of nitrogens with zero attached hydrogens (tertiary/aromatic N) is 4. The number of anilines is 2. The molecule has 0 aliphatic rings. The molecule has 96 valence electrons. The van der Waals surface area contributed by atoms with E-state index in [2.05, 4.69) is 26.4 Å². The Morgan fingerprint density at radius 3 is 2.84 bits per heavy atom. The van der Waals surface area contributed by atoms with Crippen molar-refractivity contribution in [3.05, 3.63) is 41.3 Å². The summed E-state index contributed by atoms with van der Waals surface area (Å²) < 4.78 is 1.58. The van der Waals surface area contributed by atoms with Crippen molar-refractivity contribution < 1.29 is 0 Å². The molecule has 0 amide bonds. The Labute approximate surface area is 115 Å². The first-order chi connectivity index (χ1) is 9.13. The van der Waals surface area contributed by atoms with Gasteiger partial charge in [-0.05, 0) is 19.1 Å². The standard InChI is InChI=1S/C13H12ClN5/c1-8-3-4-10-9(5-8)6-15-13(17-10)18-11-7-16-19(2)12(11)14/h3-7H,1-2H3,(H,15,17,18). The molecular weight excluding hydrogens is 262 g/mol. The van der Waals surface area contributed by atoms with Crippen LogP contribution in [0.4, 0.5) is 11.6 Å². The fraction of sp³-hybridized carbons (Fsp3) is 0.154. The van der Waals surface area contributed by atoms with Gasteiger partial charge in [-0.15, -0.1) is 0 Å². The molecule has 0 bridgehead atoms. The first kappa shape index (κ1) is 11.9. The molecule has 19 heavy (non-hydrogen) atoms. The minimum absolute atomic E-state index is 0.506. The normalized spacial score (nSPS) is 10.9. The van der Waals surface area contributed by atoms with Crippen molar-refractivity contribution in [3.63, 3.8) is 0 Å². The minimum Gasteiger partial charge on any atom is -0.320 e. The summed E-state index contributed by atoms with van der Waals surface area (Å²) in [5.41, 5.74) is 2.77. The van der Waals surface area contributed by atoms with Crippen LogP contribution in [0.15, 0.2) is 30.6 Å². The largest absolute Gasteiger partial charge is 0.320 e. The second-order valence-electron chi connectivity index (χ2n) is 4.35. The monoisotopic (exact) mass is 273 g/mol. The van der Waals surface area contributed by atoms with Gasteiger partial charge >= 0.3 is 0 Å². The van der Waals surface area contributed by atoms with Crippen molar-refractivity contribution in [1.29, 1.82) is 0 Å². The smallest absolute Gasteiger partial charge is 0.227 e. The van der Waals surface area contributed by atoms with Crippen LogP contribution in [0, 0.1) is 6.92 Å². The topological polar surface area (TPSA) is 55.6 Å². The van der Waals surface area contributed by atoms with Crippen LogP contribution in [0.2, 0.25) is 5.15 Å². The number of aryl methyl sites for hydroxylation is 2. The summed E-state index contributed by atoms with van der Waals surface area (Å²) in [5.74, 6) is 0.506. The van der Waals surface area contributed by atoms with Gasteiger partial charge in [-0.1, -0.05) is 23.2 Å². The van der Waals surface area contributed by atoms with E-state index in [-0.39, 0.29) is 0 Å². The van der Waals surface area contributed by atoms with Gasteiger partial charge in [0, 0.05) is 18.6 Å². The van der Waals surface area contributed by atoms with Crippen LogP contribution in [0.5, 0.6) is 0 Å². The van der Waals surface area contributed by atoms with E-state index in [1.807, 2.05) is 19.1 Å². The number of rotatable bonds is 2. The van der Waals surface area contributed by atoms with Crippen LogP contribution in [0.1, 0.15) is 5.56 Å². The SMILES string of the molecule is Cc1ccc2nc(Nc3cnn(C)c3Cl)ncc2c1. The number of hydrogen-bond donors (Lipinski definition) is 1. The van der Waals surface area contributed by atoms with Crippen molar-refractivity contribution in [2.45, 2.75) is 6.92 Å². The van der Waals surface area contributed by atoms with Gasteiger partial charge in [0.1, 0.15) is 5.15 Å². The van der Waals surface area contributed by atoms with E-state index in [1.165, 1.54) is 5.56 Å². The molecule has 0 unspecified atom stereocenters. The molecule has 0 radical (unpaired) electrons. The third kappa shape index (κ3) is 2.24. The van der Waals surface area contributed by atoms with Gasteiger partial charge in [0.15, 0.2) is 0 Å². The maximum atomic E-state index is 6.08. The lowest BCUT2D eigenvalue weighted by molar-refractivity contribution is 0.769. The molecule has 0 atom stereocenters. The molecule has 5 nitrogen and oxygen atoms in total. The zero-order chi connectivity index (χ0) is 13.4. The molecule has 0 fully saturated rings. The average Bonchev–Trinajstić information content (AvgIpc) is 2.71. The van der Waals surface area contributed by atoms with Crippen molar-refractivity contribution in [3.8, 4) is 0 Å². The van der Waals surface area contributed by atoms with E-state index in [0.29, 0.717) is 16.8 Å². The zero-order valence-electron chi connectivity index (χ0n) is 10.6. The lowest BCUT2D eigenvalue weighted by Gasteiger charge is -2.04. The van der Waals surface area contributed by atoms with Crippen molar-refractivity contribution in [2.75, 3.05) is 5.32 Å². The predicted octanol–water partition coefficient (Wildman–Crippen LogP) is 3.07. The third-order valence-electron chi connectivity index (χ3n) is 2.85. The first-order valence-electron chi connectivity index (χ1n) is 5.81. The Kier molecular flexibility index (Phi) is 2.83. The third-order valence-corrected chi connectivity index (χ3v) is 3.30. The summed E-state index contributed by atoms with van der Waals surface area (Å²) in [4.78, 5) is 8.72. The number of benzene rings is 1. The minimum atomic E-state index is 0.506. The molecule has 1 N–H and O–H groups in total. The molecule has 2 heterocycles. The summed E-state index contributed by atoms with van der Waals surface area (Å²) in [7, 11) is 1.78. The molecule has 3 rings (SSSR count). The van der Waals surface area contributed by atoms with E-state index in [0.717, 1.165) is 10.9 Å². The highest BCUT2D eigenvalue weighted by molar-refractivity contribution is 6.32. The highest BCUT2D eigenvalue weighted by atomic mass is 35.5. The highest BCUT2D eigenvalue weighted by Gasteiger charge is 2.07. The van der Waals surface area contributed by atoms with Gasteiger partial charge in [-0.25, -0.2) is 9.97 Å². The van der Waals surface area contributed by atoms with Gasteiger partial charge in [0.05, 0.1) is 17.4 Å². The maximum Gasteiger partial charge on any atom is 0.227 e. The van der Waals surface area contributed by atoms with Crippen LogP contribution < -0.4 is 5.32 Å². The van der Waals surface area contributed by atoms with Crippen molar-refractivity contribution >= 4 is 34.1 Å². The lowest BCUT2D eigenvalue weighted by Crippen LogP contribution is -1.97. The van der Waals surface area contributed by atoms with Crippen LogP contribution >= 0.6 is 11.6 Å². The number of aromatic nitrogens is 4. The quantitative estimate of drug-likeness (QED) is 0.780. The molecule has 2 aromatic heterocycles. The maximum absolute atomic E-state index is 6.08. The first-order valence-corrected chi connectivity index (χ1v) is 6.19. The summed E-state index contributed by atoms with van der Waals surface area (Å²) in [6.07, 6.45) is 3.44.